The van der Waals surface area contributed by atoms with E-state index in [9.17, 15) is 0 Å². The highest BCUT2D eigenvalue weighted by molar-refractivity contribution is 5.65. The Morgan fingerprint density at radius 2 is 1.78 bits per heavy atom. The van der Waals surface area contributed by atoms with E-state index < -0.39 is 0 Å². The Morgan fingerprint density at radius 3 is 2.39 bits per heavy atom. The van der Waals surface area contributed by atoms with E-state index in [1.165, 1.54) is 5.56 Å². The fourth-order valence-electron chi connectivity index (χ4n) is 1.74. The molecule has 1 aromatic carbocycles. The number of aromatic nitrogens is 2. The monoisotopic (exact) mass is 243 g/mol. The summed E-state index contributed by atoms with van der Waals surface area (Å²) < 4.78 is 0. The van der Waals surface area contributed by atoms with Crippen LogP contribution in [0.1, 0.15) is 18.1 Å². The minimum atomic E-state index is 0.180. The molecule has 94 valence electrons. The van der Waals surface area contributed by atoms with Crippen molar-refractivity contribution in [2.45, 2.75) is 20.3 Å². The van der Waals surface area contributed by atoms with E-state index in [2.05, 4.69) is 15.3 Å². The molecule has 0 aliphatic rings. The second-order valence-electron chi connectivity index (χ2n) is 4.14. The number of nitrogens with zero attached hydrogens (tertiary/aromatic N) is 2. The van der Waals surface area contributed by atoms with Gasteiger partial charge in [-0.25, -0.2) is 0 Å². The average Bonchev–Trinajstić information content (AvgIpc) is 2.32. The first-order valence-corrected chi connectivity index (χ1v) is 5.85. The predicted molar refractivity (Wildman–Crippen MR) is 74.7 cm³/mol. The van der Waals surface area contributed by atoms with Crippen LogP contribution in [0.2, 0.25) is 0 Å². The van der Waals surface area contributed by atoms with Crippen molar-refractivity contribution in [1.82, 2.24) is 9.97 Å². The summed E-state index contributed by atoms with van der Waals surface area (Å²) in [5, 5.41) is 3.22. The number of aryl methyl sites for hydroxylation is 1. The van der Waals surface area contributed by atoms with E-state index in [1.54, 1.807) is 0 Å². The van der Waals surface area contributed by atoms with Crippen molar-refractivity contribution in [3.8, 4) is 0 Å². The van der Waals surface area contributed by atoms with Gasteiger partial charge in [0.25, 0.3) is 0 Å². The molecule has 0 fully saturated rings. The molecule has 1 heterocycles. The summed E-state index contributed by atoms with van der Waals surface area (Å²) in [7, 11) is 0. The molecule has 0 unspecified atom stereocenters. The van der Waals surface area contributed by atoms with Crippen LogP contribution in [-0.4, -0.2) is 9.97 Å². The lowest BCUT2D eigenvalue weighted by Gasteiger charge is -2.12. The molecular weight excluding hydrogens is 226 g/mol. The van der Waals surface area contributed by atoms with Gasteiger partial charge in [-0.1, -0.05) is 24.6 Å². The van der Waals surface area contributed by atoms with Crippen LogP contribution in [0, 0.1) is 6.92 Å². The van der Waals surface area contributed by atoms with Crippen LogP contribution in [0.4, 0.5) is 23.3 Å². The molecule has 0 spiro atoms. The normalized spacial score (nSPS) is 10.3. The van der Waals surface area contributed by atoms with Crippen LogP contribution in [0.3, 0.4) is 0 Å². The van der Waals surface area contributed by atoms with Crippen LogP contribution in [0.5, 0.6) is 0 Å². The van der Waals surface area contributed by atoms with Crippen molar-refractivity contribution in [3.63, 3.8) is 0 Å². The number of benzene rings is 1. The topological polar surface area (TPSA) is 89.8 Å². The maximum Gasteiger partial charge on any atom is 0.223 e. The van der Waals surface area contributed by atoms with Crippen molar-refractivity contribution in [2.24, 2.45) is 0 Å². The number of hydrogen-bond acceptors (Lipinski definition) is 5. The van der Waals surface area contributed by atoms with Crippen molar-refractivity contribution in [3.05, 3.63) is 35.4 Å². The molecule has 18 heavy (non-hydrogen) atoms. The van der Waals surface area contributed by atoms with Gasteiger partial charge < -0.3 is 16.8 Å². The predicted octanol–water partition coefficient (Wildman–Crippen LogP) is 2.26. The van der Waals surface area contributed by atoms with E-state index in [-0.39, 0.29) is 5.95 Å². The fraction of sp³-hybridized carbons (Fsp3) is 0.231. The highest BCUT2D eigenvalue weighted by atomic mass is 15.1. The van der Waals surface area contributed by atoms with Gasteiger partial charge in [0.1, 0.15) is 11.6 Å². The zero-order valence-electron chi connectivity index (χ0n) is 10.6. The Labute approximate surface area is 106 Å². The molecule has 0 atom stereocenters. The lowest BCUT2D eigenvalue weighted by molar-refractivity contribution is 1.07. The van der Waals surface area contributed by atoms with Crippen molar-refractivity contribution >= 4 is 23.3 Å². The smallest absolute Gasteiger partial charge is 0.223 e. The van der Waals surface area contributed by atoms with Crippen molar-refractivity contribution in [2.75, 3.05) is 16.8 Å². The summed E-state index contributed by atoms with van der Waals surface area (Å²) >= 11 is 0. The van der Waals surface area contributed by atoms with Gasteiger partial charge in [-0.3, -0.25) is 0 Å². The van der Waals surface area contributed by atoms with Gasteiger partial charge >= 0.3 is 0 Å². The Kier molecular flexibility index (Phi) is 3.32. The second-order valence-corrected chi connectivity index (χ2v) is 4.14. The van der Waals surface area contributed by atoms with E-state index in [0.717, 1.165) is 17.7 Å². The Bertz CT molecular complexity index is 548. The molecular formula is C13H17N5. The molecule has 1 aromatic heterocycles. The van der Waals surface area contributed by atoms with Crippen LogP contribution in [-0.2, 0) is 6.42 Å². The van der Waals surface area contributed by atoms with Gasteiger partial charge in [0.2, 0.25) is 5.95 Å². The summed E-state index contributed by atoms with van der Waals surface area (Å²) in [6, 6.07) is 8.04. The minimum absolute atomic E-state index is 0.180. The number of hydrogen-bond donors (Lipinski definition) is 3. The minimum Gasteiger partial charge on any atom is -0.383 e. The average molecular weight is 243 g/mol. The number of anilines is 4. The maximum atomic E-state index is 5.84. The molecule has 5 nitrogen and oxygen atoms in total. The van der Waals surface area contributed by atoms with E-state index >= 15 is 0 Å². The number of rotatable bonds is 3. The molecule has 0 amide bonds. The lowest BCUT2D eigenvalue weighted by Crippen LogP contribution is -2.08. The second kappa shape index (κ2) is 4.91. The maximum absolute atomic E-state index is 5.84. The molecule has 5 N–H and O–H groups in total. The van der Waals surface area contributed by atoms with Gasteiger partial charge in [0.05, 0.1) is 0 Å². The standard InChI is InChI=1S/C13H17N5/c1-3-10-11(14)17-13(15)18-12(10)16-9-6-4-8(2)5-7-9/h4-7H,3H2,1-2H3,(H5,14,15,16,17,18). The van der Waals surface area contributed by atoms with Crippen LogP contribution in [0.25, 0.3) is 0 Å². The largest absolute Gasteiger partial charge is 0.383 e. The summed E-state index contributed by atoms with van der Waals surface area (Å²) in [6.07, 6.45) is 0.750. The molecule has 0 aliphatic heterocycles. The third-order valence-electron chi connectivity index (χ3n) is 2.72. The highest BCUT2D eigenvalue weighted by Crippen LogP contribution is 2.24. The van der Waals surface area contributed by atoms with Gasteiger partial charge in [0.15, 0.2) is 0 Å². The zero-order valence-corrected chi connectivity index (χ0v) is 10.6. The van der Waals surface area contributed by atoms with Crippen LogP contribution >= 0.6 is 0 Å². The van der Waals surface area contributed by atoms with Gasteiger partial charge in [-0.05, 0) is 25.5 Å². The highest BCUT2D eigenvalue weighted by Gasteiger charge is 2.09. The first-order valence-electron chi connectivity index (χ1n) is 5.85. The number of nitrogens with two attached hydrogens (primary N) is 2. The third-order valence-corrected chi connectivity index (χ3v) is 2.72. The first kappa shape index (κ1) is 12.2. The molecule has 0 saturated carbocycles. The van der Waals surface area contributed by atoms with E-state index in [0.29, 0.717) is 11.6 Å². The molecule has 2 aromatic rings. The third kappa shape index (κ3) is 2.51. The SMILES string of the molecule is CCc1c(N)nc(N)nc1Nc1ccc(C)cc1. The Balaban J connectivity index is 2.36. The van der Waals surface area contributed by atoms with Crippen molar-refractivity contribution in [1.29, 1.82) is 0 Å². The Morgan fingerprint density at radius 1 is 1.11 bits per heavy atom. The Hall–Kier alpha value is -2.30. The first-order chi connectivity index (χ1) is 8.60. The number of nitrogen functional groups attached to an aromatic ring is 2. The molecule has 5 heteroatoms. The van der Waals surface area contributed by atoms with Gasteiger partial charge in [-0.2, -0.15) is 9.97 Å². The summed E-state index contributed by atoms with van der Waals surface area (Å²) in [6.45, 7) is 4.05. The van der Waals surface area contributed by atoms with Gasteiger partial charge in [-0.15, -0.1) is 0 Å². The molecule has 0 radical (unpaired) electrons. The van der Waals surface area contributed by atoms with Gasteiger partial charge in [0, 0.05) is 11.3 Å². The quantitative estimate of drug-likeness (QED) is 0.769. The summed E-state index contributed by atoms with van der Waals surface area (Å²) in [4.78, 5) is 8.16. The summed E-state index contributed by atoms with van der Waals surface area (Å²) in [5.74, 6) is 1.28. The molecule has 2 rings (SSSR count). The van der Waals surface area contributed by atoms with Crippen LogP contribution < -0.4 is 16.8 Å². The van der Waals surface area contributed by atoms with E-state index in [1.807, 2.05) is 38.1 Å². The fourth-order valence-corrected chi connectivity index (χ4v) is 1.74. The molecule has 0 aliphatic carbocycles. The number of nitrogens with one attached hydrogen (secondary N) is 1. The summed E-state index contributed by atoms with van der Waals surface area (Å²) in [5.41, 5.74) is 14.5. The van der Waals surface area contributed by atoms with E-state index in [4.69, 9.17) is 11.5 Å². The van der Waals surface area contributed by atoms with Crippen LogP contribution in [0.15, 0.2) is 24.3 Å². The zero-order chi connectivity index (χ0) is 13.1. The van der Waals surface area contributed by atoms with Crippen molar-refractivity contribution < 1.29 is 0 Å². The molecule has 0 bridgehead atoms. The molecule has 0 saturated heterocycles. The lowest BCUT2D eigenvalue weighted by atomic mass is 10.2.